The standard InChI is InChI=1S/C26H28O6/c1-16-11-17(2)13-21(12-16)31-24-15-29-23-14-20(9-10-22(23)25(24)27)30-18(3)26(28)32-19-7-5-4-6-8-19/h9-15,18-19H,4-8H2,1-3H3. The Balaban J connectivity index is 1.47. The van der Waals surface area contributed by atoms with Crippen LogP contribution in [0.1, 0.15) is 50.2 Å². The Morgan fingerprint density at radius 3 is 2.44 bits per heavy atom. The number of rotatable bonds is 6. The second-order valence-electron chi connectivity index (χ2n) is 8.47. The van der Waals surface area contributed by atoms with Crippen LogP contribution >= 0.6 is 0 Å². The van der Waals surface area contributed by atoms with Crippen LogP contribution in [-0.4, -0.2) is 18.2 Å². The lowest BCUT2D eigenvalue weighted by Gasteiger charge is -2.23. The third kappa shape index (κ3) is 5.13. The van der Waals surface area contributed by atoms with Crippen molar-refractivity contribution in [1.29, 1.82) is 0 Å². The molecule has 0 bridgehead atoms. The summed E-state index contributed by atoms with van der Waals surface area (Å²) in [6, 6.07) is 10.6. The lowest BCUT2D eigenvalue weighted by molar-refractivity contribution is -0.158. The van der Waals surface area contributed by atoms with Gasteiger partial charge in [0.05, 0.1) is 5.39 Å². The van der Waals surface area contributed by atoms with Gasteiger partial charge in [-0.25, -0.2) is 4.79 Å². The van der Waals surface area contributed by atoms with Gasteiger partial charge in [-0.1, -0.05) is 12.5 Å². The van der Waals surface area contributed by atoms with E-state index in [1.807, 2.05) is 32.0 Å². The number of benzene rings is 2. The van der Waals surface area contributed by atoms with Gasteiger partial charge in [0.1, 0.15) is 29.4 Å². The molecule has 1 heterocycles. The Bertz CT molecular complexity index is 1150. The Morgan fingerprint density at radius 2 is 1.72 bits per heavy atom. The van der Waals surface area contributed by atoms with Crippen LogP contribution in [-0.2, 0) is 9.53 Å². The van der Waals surface area contributed by atoms with Crippen LogP contribution in [0.25, 0.3) is 11.0 Å². The maximum Gasteiger partial charge on any atom is 0.347 e. The molecule has 0 aliphatic heterocycles. The smallest absolute Gasteiger partial charge is 0.347 e. The fourth-order valence-corrected chi connectivity index (χ4v) is 4.05. The zero-order chi connectivity index (χ0) is 22.7. The van der Waals surface area contributed by atoms with E-state index in [1.165, 1.54) is 12.7 Å². The molecule has 2 aromatic carbocycles. The van der Waals surface area contributed by atoms with Crippen LogP contribution in [0, 0.1) is 13.8 Å². The molecule has 1 aliphatic carbocycles. The van der Waals surface area contributed by atoms with Crippen molar-refractivity contribution in [2.75, 3.05) is 0 Å². The van der Waals surface area contributed by atoms with E-state index in [4.69, 9.17) is 18.6 Å². The summed E-state index contributed by atoms with van der Waals surface area (Å²) in [6.45, 7) is 5.60. The number of fused-ring (bicyclic) bond motifs is 1. The van der Waals surface area contributed by atoms with Crippen molar-refractivity contribution in [3.63, 3.8) is 0 Å². The minimum atomic E-state index is -0.756. The topological polar surface area (TPSA) is 75.0 Å². The van der Waals surface area contributed by atoms with Crippen molar-refractivity contribution in [2.45, 2.75) is 65.1 Å². The number of carbonyl (C=O) groups excluding carboxylic acids is 1. The van der Waals surface area contributed by atoms with Crippen molar-refractivity contribution in [3.05, 3.63) is 64.0 Å². The number of hydrogen-bond acceptors (Lipinski definition) is 6. The molecule has 1 aliphatic rings. The molecule has 0 amide bonds. The van der Waals surface area contributed by atoms with E-state index >= 15 is 0 Å². The van der Waals surface area contributed by atoms with Crippen molar-refractivity contribution in [2.24, 2.45) is 0 Å². The van der Waals surface area contributed by atoms with Crippen molar-refractivity contribution >= 4 is 16.9 Å². The summed E-state index contributed by atoms with van der Waals surface area (Å²) in [5, 5.41) is 0.372. The van der Waals surface area contributed by atoms with E-state index in [0.717, 1.165) is 36.8 Å². The maximum absolute atomic E-state index is 12.9. The Kier molecular flexibility index (Phi) is 6.49. The summed E-state index contributed by atoms with van der Waals surface area (Å²) in [6.07, 6.45) is 5.71. The normalized spacial score (nSPS) is 15.3. The number of ether oxygens (including phenoxy) is 3. The van der Waals surface area contributed by atoms with E-state index in [-0.39, 0.29) is 23.3 Å². The first kappa shape index (κ1) is 21.9. The van der Waals surface area contributed by atoms with E-state index in [9.17, 15) is 9.59 Å². The minimum absolute atomic E-state index is 0.0208. The van der Waals surface area contributed by atoms with Crippen LogP contribution < -0.4 is 14.9 Å². The van der Waals surface area contributed by atoms with Crippen LogP contribution in [0.2, 0.25) is 0 Å². The molecule has 0 radical (unpaired) electrons. The molecule has 4 rings (SSSR count). The highest BCUT2D eigenvalue weighted by atomic mass is 16.6. The highest BCUT2D eigenvalue weighted by Gasteiger charge is 2.23. The van der Waals surface area contributed by atoms with Gasteiger partial charge in [0.25, 0.3) is 0 Å². The third-order valence-corrected chi connectivity index (χ3v) is 5.62. The quantitative estimate of drug-likeness (QED) is 0.452. The van der Waals surface area contributed by atoms with Crippen molar-refractivity contribution in [1.82, 2.24) is 0 Å². The highest BCUT2D eigenvalue weighted by molar-refractivity contribution is 5.79. The molecule has 6 nitrogen and oxygen atoms in total. The summed E-state index contributed by atoms with van der Waals surface area (Å²) < 4.78 is 22.7. The second-order valence-corrected chi connectivity index (χ2v) is 8.47. The van der Waals surface area contributed by atoms with E-state index < -0.39 is 6.10 Å². The highest BCUT2D eigenvalue weighted by Crippen LogP contribution is 2.26. The molecular weight excluding hydrogens is 408 g/mol. The Morgan fingerprint density at radius 1 is 1.00 bits per heavy atom. The van der Waals surface area contributed by atoms with Gasteiger partial charge in [0, 0.05) is 6.07 Å². The molecule has 1 atom stereocenters. The molecule has 3 aromatic rings. The molecule has 0 spiro atoms. The molecule has 1 aromatic heterocycles. The van der Waals surface area contributed by atoms with Crippen LogP contribution in [0.4, 0.5) is 0 Å². The monoisotopic (exact) mass is 436 g/mol. The fourth-order valence-electron chi connectivity index (χ4n) is 4.05. The summed E-state index contributed by atoms with van der Waals surface area (Å²) >= 11 is 0. The molecule has 0 N–H and O–H groups in total. The van der Waals surface area contributed by atoms with Gasteiger partial charge in [-0.2, -0.15) is 0 Å². The predicted molar refractivity (Wildman–Crippen MR) is 122 cm³/mol. The molecule has 168 valence electrons. The van der Waals surface area contributed by atoms with Crippen LogP contribution in [0.15, 0.2) is 51.9 Å². The van der Waals surface area contributed by atoms with Crippen LogP contribution in [0.3, 0.4) is 0 Å². The second kappa shape index (κ2) is 9.47. The van der Waals surface area contributed by atoms with Gasteiger partial charge in [0.2, 0.25) is 11.2 Å². The zero-order valence-corrected chi connectivity index (χ0v) is 18.7. The molecule has 32 heavy (non-hydrogen) atoms. The lowest BCUT2D eigenvalue weighted by Crippen LogP contribution is -2.31. The Labute approximate surface area is 187 Å². The van der Waals surface area contributed by atoms with Gasteiger partial charge in [-0.3, -0.25) is 4.79 Å². The molecule has 0 saturated heterocycles. The number of carbonyl (C=O) groups is 1. The summed E-state index contributed by atoms with van der Waals surface area (Å²) in [5.41, 5.74) is 2.17. The molecule has 1 fully saturated rings. The first-order chi connectivity index (χ1) is 15.4. The van der Waals surface area contributed by atoms with Gasteiger partial charge >= 0.3 is 5.97 Å². The van der Waals surface area contributed by atoms with E-state index in [1.54, 1.807) is 25.1 Å². The molecule has 1 unspecified atom stereocenters. The largest absolute Gasteiger partial charge is 0.479 e. The average Bonchev–Trinajstić information content (AvgIpc) is 2.76. The van der Waals surface area contributed by atoms with Gasteiger partial charge in [-0.05, 0) is 81.8 Å². The third-order valence-electron chi connectivity index (χ3n) is 5.62. The van der Waals surface area contributed by atoms with E-state index in [2.05, 4.69) is 0 Å². The summed E-state index contributed by atoms with van der Waals surface area (Å²) in [5.74, 6) is 0.743. The maximum atomic E-state index is 12.9. The fraction of sp³-hybridized carbons (Fsp3) is 0.385. The summed E-state index contributed by atoms with van der Waals surface area (Å²) in [4.78, 5) is 25.2. The van der Waals surface area contributed by atoms with Gasteiger partial charge < -0.3 is 18.6 Å². The number of aryl methyl sites for hydroxylation is 2. The SMILES string of the molecule is Cc1cc(C)cc(Oc2coc3cc(OC(C)C(=O)OC4CCCCC4)ccc3c2=O)c1. The van der Waals surface area contributed by atoms with Crippen molar-refractivity contribution < 1.29 is 23.4 Å². The molecular formula is C26H28O6. The summed E-state index contributed by atoms with van der Waals surface area (Å²) in [7, 11) is 0. The minimum Gasteiger partial charge on any atom is -0.479 e. The number of hydrogen-bond donors (Lipinski definition) is 0. The first-order valence-electron chi connectivity index (χ1n) is 11.1. The number of esters is 1. The molecule has 6 heteroatoms. The van der Waals surface area contributed by atoms with Gasteiger partial charge in [0.15, 0.2) is 6.10 Å². The zero-order valence-electron chi connectivity index (χ0n) is 18.7. The van der Waals surface area contributed by atoms with Crippen LogP contribution in [0.5, 0.6) is 17.2 Å². The predicted octanol–water partition coefficient (Wildman–Crippen LogP) is 5.85. The molecule has 1 saturated carbocycles. The van der Waals surface area contributed by atoms with E-state index in [0.29, 0.717) is 22.5 Å². The first-order valence-corrected chi connectivity index (χ1v) is 11.1. The Hall–Kier alpha value is -3.28. The van der Waals surface area contributed by atoms with Gasteiger partial charge in [-0.15, -0.1) is 0 Å². The lowest BCUT2D eigenvalue weighted by atomic mass is 9.98. The average molecular weight is 437 g/mol. The van der Waals surface area contributed by atoms with Crippen molar-refractivity contribution in [3.8, 4) is 17.2 Å².